The maximum atomic E-state index is 2.63. The van der Waals surface area contributed by atoms with Crippen LogP contribution < -0.4 is 0 Å². The number of fused-ring (bicyclic) bond motifs is 4. The smallest absolute Gasteiger partial charge is 0.0199 e. The van der Waals surface area contributed by atoms with Gasteiger partial charge < -0.3 is 0 Å². The van der Waals surface area contributed by atoms with Crippen molar-refractivity contribution in [1.29, 1.82) is 0 Å². The quantitative estimate of drug-likeness (QED) is 0.560. The third kappa shape index (κ3) is 2.49. The molecule has 0 aromatic carbocycles. The van der Waals surface area contributed by atoms with E-state index in [4.69, 9.17) is 0 Å². The van der Waals surface area contributed by atoms with E-state index in [9.17, 15) is 0 Å². The molecule has 0 nitrogen and oxygen atoms in total. The molecule has 0 bridgehead atoms. The highest BCUT2D eigenvalue weighted by molar-refractivity contribution is 8.05. The Hall–Kier alpha value is 0.180. The van der Waals surface area contributed by atoms with E-state index in [2.05, 4.69) is 49.5 Å². The molecule has 2 heteroatoms. The molecule has 2 aliphatic heterocycles. The van der Waals surface area contributed by atoms with Crippen LogP contribution in [0.15, 0.2) is 22.0 Å². The summed E-state index contributed by atoms with van der Waals surface area (Å²) in [6.07, 6.45) is 16.0. The van der Waals surface area contributed by atoms with E-state index < -0.39 is 0 Å². The lowest BCUT2D eigenvalue weighted by Gasteiger charge is -2.33. The Labute approximate surface area is 150 Å². The minimum Gasteiger partial charge on any atom is -0.127 e. The largest absolute Gasteiger partial charge is 0.127 e. The number of thioether (sulfide) groups is 2. The molecule has 5 aliphatic rings. The molecule has 5 rings (SSSR count). The van der Waals surface area contributed by atoms with Crippen molar-refractivity contribution < 1.29 is 0 Å². The molecule has 126 valence electrons. The fourth-order valence-electron chi connectivity index (χ4n) is 6.76. The summed E-state index contributed by atoms with van der Waals surface area (Å²) in [5.74, 6) is 5.93. The van der Waals surface area contributed by atoms with Crippen LogP contribution >= 0.6 is 23.5 Å². The molecule has 23 heavy (non-hydrogen) atoms. The predicted octanol–water partition coefficient (Wildman–Crippen LogP) is 6.49. The summed E-state index contributed by atoms with van der Waals surface area (Å²) in [5.41, 5.74) is 0. The molecular weight excluding hydrogens is 316 g/mol. The van der Waals surface area contributed by atoms with Gasteiger partial charge in [-0.05, 0) is 84.8 Å². The second-order valence-corrected chi connectivity index (χ2v) is 11.7. The first kappa shape index (κ1) is 15.4. The van der Waals surface area contributed by atoms with Gasteiger partial charge in [0.2, 0.25) is 0 Å². The summed E-state index contributed by atoms with van der Waals surface area (Å²) >= 11 is 4.47. The normalized spacial score (nSPS) is 51.2. The van der Waals surface area contributed by atoms with E-state index in [1.165, 1.54) is 12.8 Å². The van der Waals surface area contributed by atoms with Crippen molar-refractivity contribution in [3.63, 3.8) is 0 Å². The van der Waals surface area contributed by atoms with Crippen LogP contribution in [0.1, 0.15) is 58.8 Å². The Morgan fingerprint density at radius 3 is 2.22 bits per heavy atom. The van der Waals surface area contributed by atoms with E-state index in [0.717, 1.165) is 46.0 Å². The van der Waals surface area contributed by atoms with Gasteiger partial charge in [-0.15, -0.1) is 23.5 Å². The van der Waals surface area contributed by atoms with Gasteiger partial charge >= 0.3 is 0 Å². The molecule has 0 spiro atoms. The Kier molecular flexibility index (Phi) is 3.94. The number of hydrogen-bond acceptors (Lipinski definition) is 2. The molecule has 3 fully saturated rings. The van der Waals surface area contributed by atoms with Crippen molar-refractivity contribution >= 4 is 23.5 Å². The highest BCUT2D eigenvalue weighted by atomic mass is 32.2. The molecule has 7 unspecified atom stereocenters. The minimum absolute atomic E-state index is 0.850. The zero-order valence-electron chi connectivity index (χ0n) is 14.5. The van der Waals surface area contributed by atoms with Gasteiger partial charge in [0, 0.05) is 10.5 Å². The highest BCUT2D eigenvalue weighted by Gasteiger charge is 2.54. The molecule has 0 aromatic heterocycles. The minimum atomic E-state index is 0.850. The third-order valence-corrected chi connectivity index (χ3v) is 10.5. The van der Waals surface area contributed by atoms with E-state index in [1.54, 1.807) is 41.9 Å². The molecular formula is C21H30S2. The second kappa shape index (κ2) is 5.87. The van der Waals surface area contributed by atoms with Gasteiger partial charge in [-0.1, -0.05) is 31.4 Å². The van der Waals surface area contributed by atoms with Crippen molar-refractivity contribution in [2.75, 3.05) is 0 Å². The molecule has 0 amide bonds. The maximum absolute atomic E-state index is 2.63. The molecule has 3 aliphatic carbocycles. The Morgan fingerprint density at radius 1 is 0.870 bits per heavy atom. The van der Waals surface area contributed by atoms with Crippen LogP contribution in [0, 0.1) is 35.5 Å². The summed E-state index contributed by atoms with van der Waals surface area (Å²) in [6.45, 7) is 4.70. The summed E-state index contributed by atoms with van der Waals surface area (Å²) in [5, 5.41) is 1.81. The van der Waals surface area contributed by atoms with E-state index in [0.29, 0.717) is 0 Å². The zero-order valence-corrected chi connectivity index (χ0v) is 16.2. The van der Waals surface area contributed by atoms with Gasteiger partial charge in [-0.2, -0.15) is 0 Å². The molecule has 0 saturated heterocycles. The van der Waals surface area contributed by atoms with Crippen molar-refractivity contribution in [1.82, 2.24) is 0 Å². The van der Waals surface area contributed by atoms with Crippen LogP contribution in [0.3, 0.4) is 0 Å². The number of hydrogen-bond donors (Lipinski definition) is 0. The average Bonchev–Trinajstić information content (AvgIpc) is 3.25. The van der Waals surface area contributed by atoms with Gasteiger partial charge in [-0.3, -0.25) is 0 Å². The Morgan fingerprint density at radius 2 is 1.52 bits per heavy atom. The van der Waals surface area contributed by atoms with Gasteiger partial charge in [0.05, 0.1) is 0 Å². The summed E-state index contributed by atoms with van der Waals surface area (Å²) in [4.78, 5) is 3.21. The fraction of sp³-hybridized carbons (Fsp3) is 0.810. The van der Waals surface area contributed by atoms with Crippen molar-refractivity contribution in [2.24, 2.45) is 35.5 Å². The zero-order chi connectivity index (χ0) is 15.6. The molecule has 3 saturated carbocycles. The van der Waals surface area contributed by atoms with Crippen molar-refractivity contribution in [3.05, 3.63) is 22.0 Å². The van der Waals surface area contributed by atoms with Gasteiger partial charge in [-0.25, -0.2) is 0 Å². The van der Waals surface area contributed by atoms with E-state index in [1.807, 2.05) is 0 Å². The Bertz CT molecular complexity index is 516. The molecule has 0 aromatic rings. The maximum Gasteiger partial charge on any atom is 0.0199 e. The lowest BCUT2D eigenvalue weighted by atomic mass is 9.75. The van der Waals surface area contributed by atoms with E-state index in [-0.39, 0.29) is 0 Å². The standard InChI is InChI=1S/C21H30S2/c1-12-9-17-18-10-13(2)23-21(18)19(20(17)22-12)11-15-8-7-14-5-3-4-6-16(14)15/h9-10,14-21H,3-8,11H2,1-2H3. The molecule has 7 atom stereocenters. The molecule has 2 heterocycles. The van der Waals surface area contributed by atoms with Crippen LogP contribution in [0.4, 0.5) is 0 Å². The third-order valence-electron chi connectivity index (χ3n) is 7.60. The predicted molar refractivity (Wildman–Crippen MR) is 104 cm³/mol. The molecule has 0 N–H and O–H groups in total. The lowest BCUT2D eigenvalue weighted by Crippen LogP contribution is -2.26. The van der Waals surface area contributed by atoms with Crippen molar-refractivity contribution in [3.8, 4) is 0 Å². The number of allylic oxidation sites excluding steroid dienone is 4. The highest BCUT2D eigenvalue weighted by Crippen LogP contribution is 2.62. The van der Waals surface area contributed by atoms with Gasteiger partial charge in [0.15, 0.2) is 0 Å². The van der Waals surface area contributed by atoms with Gasteiger partial charge in [0.1, 0.15) is 0 Å². The summed E-state index contributed by atoms with van der Waals surface area (Å²) in [7, 11) is 0. The average molecular weight is 347 g/mol. The second-order valence-electron chi connectivity index (χ2n) is 8.82. The lowest BCUT2D eigenvalue weighted by molar-refractivity contribution is 0.205. The van der Waals surface area contributed by atoms with Crippen molar-refractivity contribution in [2.45, 2.75) is 69.3 Å². The van der Waals surface area contributed by atoms with Crippen LogP contribution in [0.5, 0.6) is 0 Å². The number of rotatable bonds is 2. The topological polar surface area (TPSA) is 0 Å². The van der Waals surface area contributed by atoms with Gasteiger partial charge in [0.25, 0.3) is 0 Å². The Balaban J connectivity index is 1.36. The van der Waals surface area contributed by atoms with Crippen LogP contribution in [-0.4, -0.2) is 10.5 Å². The summed E-state index contributed by atoms with van der Waals surface area (Å²) in [6, 6.07) is 0. The monoisotopic (exact) mass is 346 g/mol. The van der Waals surface area contributed by atoms with Crippen LogP contribution in [0.2, 0.25) is 0 Å². The first-order chi connectivity index (χ1) is 11.2. The van der Waals surface area contributed by atoms with E-state index >= 15 is 0 Å². The van der Waals surface area contributed by atoms with Crippen LogP contribution in [0.25, 0.3) is 0 Å². The first-order valence-electron chi connectivity index (χ1n) is 9.91. The fourth-order valence-corrected chi connectivity index (χ4v) is 9.93. The SMILES string of the molecule is CC1=CC2C3C=C(C)SC3C(CC3CCC4CCCCC43)C2S1. The first-order valence-corrected chi connectivity index (χ1v) is 11.7. The van der Waals surface area contributed by atoms with Crippen LogP contribution in [-0.2, 0) is 0 Å². The molecule has 0 radical (unpaired) electrons. The summed E-state index contributed by atoms with van der Waals surface area (Å²) < 4.78 is 0.